The molecule has 1 aromatic heterocycles. The van der Waals surface area contributed by atoms with E-state index in [1.807, 2.05) is 11.4 Å². The summed E-state index contributed by atoms with van der Waals surface area (Å²) in [5.41, 5.74) is 6.07. The number of nitrogens with two attached hydrogens (primary N) is 1. The zero-order valence-corrected chi connectivity index (χ0v) is 8.37. The molecule has 66 valence electrons. The van der Waals surface area contributed by atoms with Gasteiger partial charge in [-0.3, -0.25) is 0 Å². The van der Waals surface area contributed by atoms with Gasteiger partial charge in [0.1, 0.15) is 0 Å². The summed E-state index contributed by atoms with van der Waals surface area (Å²) in [6.07, 6.45) is 3.88. The summed E-state index contributed by atoms with van der Waals surface area (Å²) in [7, 11) is 0. The molecular weight excluding hydrogens is 190 g/mol. The van der Waals surface area contributed by atoms with Crippen molar-refractivity contribution in [2.45, 2.75) is 25.3 Å². The van der Waals surface area contributed by atoms with E-state index in [9.17, 15) is 0 Å². The maximum Gasteiger partial charge on any atom is 0.0561 e. The summed E-state index contributed by atoms with van der Waals surface area (Å²) in [6.45, 7) is 0. The average Bonchev–Trinajstić information content (AvgIpc) is 2.31. The molecule has 0 saturated heterocycles. The Morgan fingerprint density at radius 1 is 1.58 bits per heavy atom. The van der Waals surface area contributed by atoms with E-state index in [2.05, 4.69) is 0 Å². The van der Waals surface area contributed by atoms with Gasteiger partial charge < -0.3 is 5.73 Å². The molecule has 0 aromatic carbocycles. The van der Waals surface area contributed by atoms with E-state index >= 15 is 0 Å². The average molecular weight is 202 g/mol. The zero-order chi connectivity index (χ0) is 8.55. The van der Waals surface area contributed by atoms with Crippen LogP contribution in [0.1, 0.15) is 30.2 Å². The fourth-order valence-corrected chi connectivity index (χ4v) is 2.83. The largest absolute Gasteiger partial charge is 0.323 e. The van der Waals surface area contributed by atoms with Crippen molar-refractivity contribution >= 4 is 22.9 Å². The van der Waals surface area contributed by atoms with Crippen molar-refractivity contribution in [1.82, 2.24) is 0 Å². The van der Waals surface area contributed by atoms with Crippen molar-refractivity contribution in [1.29, 1.82) is 0 Å². The summed E-state index contributed by atoms with van der Waals surface area (Å²) in [5, 5.41) is 2.86. The van der Waals surface area contributed by atoms with Gasteiger partial charge in [0, 0.05) is 10.9 Å². The first-order chi connectivity index (χ1) is 5.79. The van der Waals surface area contributed by atoms with Crippen LogP contribution >= 0.6 is 22.9 Å². The van der Waals surface area contributed by atoms with Gasteiger partial charge in [-0.15, -0.1) is 11.3 Å². The van der Waals surface area contributed by atoms with Crippen LogP contribution in [-0.4, -0.2) is 0 Å². The summed E-state index contributed by atoms with van der Waals surface area (Å²) in [5.74, 6) is 0.682. The molecule has 3 heteroatoms. The molecule has 1 unspecified atom stereocenters. The molecule has 0 radical (unpaired) electrons. The van der Waals surface area contributed by atoms with Gasteiger partial charge >= 0.3 is 0 Å². The molecule has 1 saturated carbocycles. The van der Waals surface area contributed by atoms with Gasteiger partial charge in [-0.1, -0.05) is 18.0 Å². The molecule has 1 aliphatic rings. The first-order valence-corrected chi connectivity index (χ1v) is 5.53. The normalized spacial score (nSPS) is 20.5. The molecule has 1 aromatic rings. The van der Waals surface area contributed by atoms with Crippen LogP contribution in [0.5, 0.6) is 0 Å². The van der Waals surface area contributed by atoms with Crippen molar-refractivity contribution < 1.29 is 0 Å². The minimum absolute atomic E-state index is 0.186. The summed E-state index contributed by atoms with van der Waals surface area (Å²) in [6, 6.07) is 2.12. The van der Waals surface area contributed by atoms with Gasteiger partial charge in [0.25, 0.3) is 0 Å². The fourth-order valence-electron chi connectivity index (χ4n) is 1.56. The minimum Gasteiger partial charge on any atom is -0.323 e. The van der Waals surface area contributed by atoms with Gasteiger partial charge in [-0.25, -0.2) is 0 Å². The molecule has 12 heavy (non-hydrogen) atoms. The topological polar surface area (TPSA) is 26.0 Å². The fraction of sp³-hybridized carbons (Fsp3) is 0.556. The Morgan fingerprint density at radius 3 is 2.75 bits per heavy atom. The third-order valence-electron chi connectivity index (χ3n) is 2.61. The van der Waals surface area contributed by atoms with E-state index in [0.29, 0.717) is 5.92 Å². The smallest absolute Gasteiger partial charge is 0.0561 e. The Labute approximate surface area is 81.5 Å². The predicted octanol–water partition coefficient (Wildman–Crippen LogP) is 3.20. The third kappa shape index (κ3) is 1.39. The number of thiophene rings is 1. The third-order valence-corrected chi connectivity index (χ3v) is 4.07. The first kappa shape index (κ1) is 8.54. The lowest BCUT2D eigenvalue weighted by atomic mass is 9.79. The Bertz CT molecular complexity index is 267. The molecule has 1 atom stereocenters. The van der Waals surface area contributed by atoms with Gasteiger partial charge in [0.15, 0.2) is 0 Å². The number of halogens is 1. The minimum atomic E-state index is 0.186. The van der Waals surface area contributed by atoms with Crippen LogP contribution in [-0.2, 0) is 0 Å². The van der Waals surface area contributed by atoms with E-state index in [1.165, 1.54) is 24.1 Å². The van der Waals surface area contributed by atoms with Crippen LogP contribution in [0, 0.1) is 5.92 Å². The highest BCUT2D eigenvalue weighted by atomic mass is 35.5. The molecule has 1 nitrogen and oxygen atoms in total. The highest BCUT2D eigenvalue weighted by molar-refractivity contribution is 7.10. The second kappa shape index (κ2) is 3.36. The monoisotopic (exact) mass is 201 g/mol. The number of rotatable bonds is 2. The highest BCUT2D eigenvalue weighted by Gasteiger charge is 2.27. The standard InChI is InChI=1S/C9H12ClNS/c10-7-4-5-12-9(7)8(11)6-2-1-3-6/h4-6,8H,1-3,11H2. The lowest BCUT2D eigenvalue weighted by Gasteiger charge is -2.30. The van der Waals surface area contributed by atoms with E-state index in [-0.39, 0.29) is 6.04 Å². The Kier molecular flexibility index (Phi) is 2.40. The molecule has 0 amide bonds. The maximum atomic E-state index is 6.07. The van der Waals surface area contributed by atoms with E-state index in [4.69, 9.17) is 17.3 Å². The van der Waals surface area contributed by atoms with Crippen LogP contribution in [0.4, 0.5) is 0 Å². The van der Waals surface area contributed by atoms with Crippen LogP contribution in [0.25, 0.3) is 0 Å². The van der Waals surface area contributed by atoms with Crippen LogP contribution in [0.15, 0.2) is 11.4 Å². The number of hydrogen-bond donors (Lipinski definition) is 1. The molecular formula is C9H12ClNS. The lowest BCUT2D eigenvalue weighted by Crippen LogP contribution is -2.26. The lowest BCUT2D eigenvalue weighted by molar-refractivity contribution is 0.267. The Hall–Kier alpha value is -0.0500. The highest BCUT2D eigenvalue weighted by Crippen LogP contribution is 2.40. The summed E-state index contributed by atoms with van der Waals surface area (Å²) >= 11 is 7.67. The van der Waals surface area contributed by atoms with E-state index in [1.54, 1.807) is 11.3 Å². The second-order valence-corrected chi connectivity index (χ2v) is 4.70. The number of hydrogen-bond acceptors (Lipinski definition) is 2. The maximum absolute atomic E-state index is 6.07. The van der Waals surface area contributed by atoms with Gasteiger partial charge in [-0.05, 0) is 30.2 Å². The van der Waals surface area contributed by atoms with Crippen LogP contribution in [0.2, 0.25) is 5.02 Å². The van der Waals surface area contributed by atoms with Gasteiger partial charge in [0.2, 0.25) is 0 Å². The quantitative estimate of drug-likeness (QED) is 0.782. The Morgan fingerprint density at radius 2 is 2.33 bits per heavy atom. The molecule has 1 aliphatic carbocycles. The van der Waals surface area contributed by atoms with Crippen molar-refractivity contribution in [2.75, 3.05) is 0 Å². The van der Waals surface area contributed by atoms with Gasteiger partial charge in [-0.2, -0.15) is 0 Å². The summed E-state index contributed by atoms with van der Waals surface area (Å²) in [4.78, 5) is 1.17. The molecule has 0 spiro atoms. The molecule has 0 bridgehead atoms. The summed E-state index contributed by atoms with van der Waals surface area (Å²) < 4.78 is 0. The first-order valence-electron chi connectivity index (χ1n) is 4.27. The molecule has 2 N–H and O–H groups in total. The van der Waals surface area contributed by atoms with Crippen molar-refractivity contribution in [2.24, 2.45) is 11.7 Å². The van der Waals surface area contributed by atoms with E-state index in [0.717, 1.165) is 5.02 Å². The molecule has 0 aliphatic heterocycles. The molecule has 1 heterocycles. The predicted molar refractivity (Wildman–Crippen MR) is 53.6 cm³/mol. The van der Waals surface area contributed by atoms with Crippen LogP contribution < -0.4 is 5.73 Å². The van der Waals surface area contributed by atoms with Crippen LogP contribution in [0.3, 0.4) is 0 Å². The van der Waals surface area contributed by atoms with Crippen molar-refractivity contribution in [3.63, 3.8) is 0 Å². The molecule has 1 fully saturated rings. The Balaban J connectivity index is 2.13. The molecule has 2 rings (SSSR count). The van der Waals surface area contributed by atoms with E-state index < -0.39 is 0 Å². The SMILES string of the molecule is NC(c1sccc1Cl)C1CCC1. The second-order valence-electron chi connectivity index (χ2n) is 3.35. The van der Waals surface area contributed by atoms with Crippen molar-refractivity contribution in [3.8, 4) is 0 Å². The van der Waals surface area contributed by atoms with Crippen molar-refractivity contribution in [3.05, 3.63) is 21.3 Å². The van der Waals surface area contributed by atoms with Gasteiger partial charge in [0.05, 0.1) is 5.02 Å². The zero-order valence-electron chi connectivity index (χ0n) is 6.79.